The summed E-state index contributed by atoms with van der Waals surface area (Å²) in [6.07, 6.45) is 2.69. The van der Waals surface area contributed by atoms with E-state index in [0.29, 0.717) is 11.6 Å². The lowest BCUT2D eigenvalue weighted by molar-refractivity contribution is -0.134. The maximum Gasteiger partial charge on any atom is 0.225 e. The van der Waals surface area contributed by atoms with Crippen molar-refractivity contribution in [2.75, 3.05) is 7.05 Å². The minimum Gasteiger partial charge on any atom is -0.341 e. The molecule has 18 heavy (non-hydrogen) atoms. The molecule has 0 aromatic heterocycles. The highest BCUT2D eigenvalue weighted by atomic mass is 35.5. The van der Waals surface area contributed by atoms with Crippen LogP contribution in [0.25, 0.3) is 0 Å². The monoisotopic (exact) mass is 266 g/mol. The zero-order valence-electron chi connectivity index (χ0n) is 10.6. The average Bonchev–Trinajstić information content (AvgIpc) is 2.75. The molecule has 3 nitrogen and oxygen atoms in total. The number of carbonyl (C=O) groups is 1. The topological polar surface area (TPSA) is 46.3 Å². The van der Waals surface area contributed by atoms with Gasteiger partial charge in [-0.05, 0) is 37.0 Å². The highest BCUT2D eigenvalue weighted by Crippen LogP contribution is 2.26. The number of nitrogens with two attached hydrogens (primary N) is 1. The van der Waals surface area contributed by atoms with Crippen LogP contribution in [0.4, 0.5) is 0 Å². The van der Waals surface area contributed by atoms with Crippen molar-refractivity contribution in [3.05, 3.63) is 34.9 Å². The van der Waals surface area contributed by atoms with E-state index in [0.717, 1.165) is 24.8 Å². The smallest absolute Gasteiger partial charge is 0.225 e. The van der Waals surface area contributed by atoms with Gasteiger partial charge < -0.3 is 10.6 Å². The summed E-state index contributed by atoms with van der Waals surface area (Å²) in [5, 5.41) is 0.705. The van der Waals surface area contributed by atoms with Gasteiger partial charge in [0, 0.05) is 30.6 Å². The Morgan fingerprint density at radius 3 is 2.89 bits per heavy atom. The molecule has 2 N–H and O–H groups in total. The molecule has 0 radical (unpaired) electrons. The Kier molecular flexibility index (Phi) is 4.25. The molecule has 1 fully saturated rings. The molecule has 1 aromatic rings. The summed E-state index contributed by atoms with van der Waals surface area (Å²) >= 11 is 5.93. The first-order valence-corrected chi connectivity index (χ1v) is 6.69. The Morgan fingerprint density at radius 2 is 2.28 bits per heavy atom. The number of carbonyl (C=O) groups excluding carboxylic acids is 1. The summed E-state index contributed by atoms with van der Waals surface area (Å²) in [5.41, 5.74) is 6.90. The Morgan fingerprint density at radius 1 is 1.50 bits per heavy atom. The molecule has 0 saturated heterocycles. The second-order valence-corrected chi connectivity index (χ2v) is 5.53. The highest BCUT2D eigenvalue weighted by Gasteiger charge is 2.29. The van der Waals surface area contributed by atoms with Crippen LogP contribution in [0.15, 0.2) is 24.3 Å². The van der Waals surface area contributed by atoms with Crippen molar-refractivity contribution in [2.45, 2.75) is 31.8 Å². The highest BCUT2D eigenvalue weighted by molar-refractivity contribution is 6.30. The summed E-state index contributed by atoms with van der Waals surface area (Å²) in [4.78, 5) is 14.0. The van der Waals surface area contributed by atoms with Crippen LogP contribution in [0.3, 0.4) is 0 Å². The molecule has 4 heteroatoms. The van der Waals surface area contributed by atoms with Crippen molar-refractivity contribution >= 4 is 17.5 Å². The maximum absolute atomic E-state index is 12.2. The molecule has 1 saturated carbocycles. The van der Waals surface area contributed by atoms with E-state index in [2.05, 4.69) is 0 Å². The van der Waals surface area contributed by atoms with Crippen LogP contribution >= 0.6 is 11.6 Å². The van der Waals surface area contributed by atoms with Crippen LogP contribution < -0.4 is 5.73 Å². The van der Waals surface area contributed by atoms with Gasteiger partial charge in [0.05, 0.1) is 0 Å². The molecule has 0 spiro atoms. The molecule has 1 aliphatic carbocycles. The van der Waals surface area contributed by atoms with Crippen LogP contribution in [0.2, 0.25) is 5.02 Å². The van der Waals surface area contributed by atoms with Crippen LogP contribution in [-0.4, -0.2) is 23.9 Å². The van der Waals surface area contributed by atoms with Crippen LogP contribution in [0.1, 0.15) is 24.8 Å². The summed E-state index contributed by atoms with van der Waals surface area (Å²) in [6.45, 7) is 0.602. The quantitative estimate of drug-likeness (QED) is 0.913. The molecule has 0 heterocycles. The minimum absolute atomic E-state index is 0.101. The summed E-state index contributed by atoms with van der Waals surface area (Å²) < 4.78 is 0. The van der Waals surface area contributed by atoms with Crippen molar-refractivity contribution in [3.63, 3.8) is 0 Å². The zero-order chi connectivity index (χ0) is 13.1. The molecule has 98 valence electrons. The fourth-order valence-corrected chi connectivity index (χ4v) is 2.75. The SMILES string of the molecule is CN(Cc1cccc(Cl)c1)C(=O)C1CCC(N)C1. The third-order valence-electron chi connectivity index (χ3n) is 3.51. The van der Waals surface area contributed by atoms with Crippen LogP contribution in [-0.2, 0) is 11.3 Å². The fourth-order valence-electron chi connectivity index (χ4n) is 2.54. The lowest BCUT2D eigenvalue weighted by atomic mass is 10.1. The van der Waals surface area contributed by atoms with Gasteiger partial charge in [-0.3, -0.25) is 4.79 Å². The molecule has 2 unspecified atom stereocenters. The maximum atomic E-state index is 12.2. The van der Waals surface area contributed by atoms with Gasteiger partial charge in [0.2, 0.25) is 5.91 Å². The van der Waals surface area contributed by atoms with E-state index >= 15 is 0 Å². The number of hydrogen-bond donors (Lipinski definition) is 1. The van der Waals surface area contributed by atoms with E-state index in [9.17, 15) is 4.79 Å². The molecule has 2 atom stereocenters. The van der Waals surface area contributed by atoms with E-state index in [1.54, 1.807) is 4.90 Å². The van der Waals surface area contributed by atoms with Gasteiger partial charge >= 0.3 is 0 Å². The number of rotatable bonds is 3. The van der Waals surface area contributed by atoms with Gasteiger partial charge in [-0.25, -0.2) is 0 Å². The lowest BCUT2D eigenvalue weighted by Crippen LogP contribution is -2.32. The van der Waals surface area contributed by atoms with Crippen molar-refractivity contribution in [2.24, 2.45) is 11.7 Å². The van der Waals surface area contributed by atoms with Crippen LogP contribution in [0, 0.1) is 5.92 Å². The molecule has 1 aliphatic rings. The van der Waals surface area contributed by atoms with Crippen molar-refractivity contribution in [1.82, 2.24) is 4.90 Å². The van der Waals surface area contributed by atoms with Gasteiger partial charge in [0.1, 0.15) is 0 Å². The average molecular weight is 267 g/mol. The van der Waals surface area contributed by atoms with Gasteiger partial charge in [-0.1, -0.05) is 23.7 Å². The zero-order valence-corrected chi connectivity index (χ0v) is 11.4. The first-order valence-electron chi connectivity index (χ1n) is 6.31. The Bertz CT molecular complexity index is 436. The molecule has 1 amide bonds. The van der Waals surface area contributed by atoms with Gasteiger partial charge in [0.15, 0.2) is 0 Å². The molecule has 1 aromatic carbocycles. The predicted octanol–water partition coefficient (Wildman–Crippen LogP) is 2.43. The van der Waals surface area contributed by atoms with E-state index < -0.39 is 0 Å². The number of hydrogen-bond acceptors (Lipinski definition) is 2. The molecular formula is C14H19ClN2O. The van der Waals surface area contributed by atoms with Gasteiger partial charge in [-0.2, -0.15) is 0 Å². The first-order chi connectivity index (χ1) is 8.56. The standard InChI is InChI=1S/C14H19ClN2O/c1-17(9-10-3-2-4-12(15)7-10)14(18)11-5-6-13(16)8-11/h2-4,7,11,13H,5-6,8-9,16H2,1H3. The Balaban J connectivity index is 1.95. The van der Waals surface area contributed by atoms with Gasteiger partial charge in [0.25, 0.3) is 0 Å². The number of benzene rings is 1. The Hall–Kier alpha value is -1.06. The van der Waals surface area contributed by atoms with Crippen molar-refractivity contribution in [1.29, 1.82) is 0 Å². The number of amides is 1. The molecule has 2 rings (SSSR count). The van der Waals surface area contributed by atoms with Crippen LogP contribution in [0.5, 0.6) is 0 Å². The second-order valence-electron chi connectivity index (χ2n) is 5.09. The van der Waals surface area contributed by atoms with E-state index in [1.165, 1.54) is 0 Å². The predicted molar refractivity (Wildman–Crippen MR) is 73.2 cm³/mol. The summed E-state index contributed by atoms with van der Waals surface area (Å²) in [6, 6.07) is 7.81. The largest absolute Gasteiger partial charge is 0.341 e. The van der Waals surface area contributed by atoms with Crippen molar-refractivity contribution < 1.29 is 4.79 Å². The minimum atomic E-state index is 0.101. The third-order valence-corrected chi connectivity index (χ3v) is 3.74. The lowest BCUT2D eigenvalue weighted by Gasteiger charge is -2.21. The molecule has 0 bridgehead atoms. The fraction of sp³-hybridized carbons (Fsp3) is 0.500. The normalized spacial score (nSPS) is 23.1. The summed E-state index contributed by atoms with van der Waals surface area (Å²) in [7, 11) is 1.84. The van der Waals surface area contributed by atoms with Gasteiger partial charge in [-0.15, -0.1) is 0 Å². The number of nitrogens with zero attached hydrogens (tertiary/aromatic N) is 1. The molecule has 0 aliphatic heterocycles. The van der Waals surface area contributed by atoms with E-state index in [1.807, 2.05) is 31.3 Å². The summed E-state index contributed by atoms with van der Waals surface area (Å²) in [5.74, 6) is 0.298. The first kappa shape index (κ1) is 13.4. The Labute approximate surface area is 113 Å². The molecular weight excluding hydrogens is 248 g/mol. The third kappa shape index (κ3) is 3.24. The second kappa shape index (κ2) is 5.72. The van der Waals surface area contributed by atoms with Crippen molar-refractivity contribution in [3.8, 4) is 0 Å². The number of halogens is 1. The van der Waals surface area contributed by atoms with E-state index in [-0.39, 0.29) is 17.9 Å². The van der Waals surface area contributed by atoms with E-state index in [4.69, 9.17) is 17.3 Å².